The first-order valence-corrected chi connectivity index (χ1v) is 12.7. The number of carbonyl (C=O) groups excluding carboxylic acids is 1. The molecule has 1 N–H and O–H groups in total. The molecule has 0 atom stereocenters. The van der Waals surface area contributed by atoms with Crippen LogP contribution in [0.15, 0.2) is 69.7 Å². The monoisotopic (exact) mass is 496 g/mol. The summed E-state index contributed by atoms with van der Waals surface area (Å²) >= 11 is 1.43. The fraction of sp³-hybridized carbons (Fsp3) is 0.167. The minimum absolute atomic E-state index is 0.0506. The number of hydrogen-bond acceptors (Lipinski definition) is 7. The molecule has 0 bridgehead atoms. The predicted molar refractivity (Wildman–Crippen MR) is 128 cm³/mol. The first-order valence-electron chi connectivity index (χ1n) is 10.4. The van der Waals surface area contributed by atoms with Gasteiger partial charge in [-0.25, -0.2) is 8.42 Å². The summed E-state index contributed by atoms with van der Waals surface area (Å²) in [5.74, 6) is 0.967. The van der Waals surface area contributed by atoms with Gasteiger partial charge < -0.3 is 14.5 Å². The number of nitrogens with one attached hydrogen (secondary N) is 1. The van der Waals surface area contributed by atoms with Gasteiger partial charge in [-0.05, 0) is 42.6 Å². The first-order chi connectivity index (χ1) is 16.3. The molecule has 0 fully saturated rings. The number of hydrogen-bond donors (Lipinski definition) is 1. The van der Waals surface area contributed by atoms with Gasteiger partial charge in [-0.15, -0.1) is 11.3 Å². The molecule has 4 aromatic rings. The van der Waals surface area contributed by atoms with Crippen LogP contribution in [0, 0.1) is 0 Å². The van der Waals surface area contributed by atoms with E-state index in [9.17, 15) is 18.0 Å². The number of aromatic amines is 1. The molecule has 3 heterocycles. The van der Waals surface area contributed by atoms with E-state index in [1.54, 1.807) is 18.2 Å². The maximum absolute atomic E-state index is 13.6. The number of thiophene rings is 1. The molecule has 10 heteroatoms. The number of pyridine rings is 1. The van der Waals surface area contributed by atoms with Crippen molar-refractivity contribution in [3.63, 3.8) is 0 Å². The third-order valence-corrected chi connectivity index (χ3v) is 8.24. The molecular formula is C24H20N2O6S2. The van der Waals surface area contributed by atoms with Crippen molar-refractivity contribution in [2.75, 3.05) is 6.79 Å². The van der Waals surface area contributed by atoms with E-state index in [2.05, 4.69) is 4.98 Å². The number of ketones is 1. The van der Waals surface area contributed by atoms with Gasteiger partial charge in [-0.2, -0.15) is 4.31 Å². The minimum Gasteiger partial charge on any atom is -0.454 e. The molecule has 2 aromatic carbocycles. The highest BCUT2D eigenvalue weighted by Gasteiger charge is 2.27. The van der Waals surface area contributed by atoms with Gasteiger partial charge in [0.15, 0.2) is 17.3 Å². The smallest absolute Gasteiger partial charge is 0.252 e. The molecule has 0 saturated carbocycles. The van der Waals surface area contributed by atoms with Crippen molar-refractivity contribution in [2.45, 2.75) is 24.9 Å². The number of rotatable bonds is 7. The van der Waals surface area contributed by atoms with Crippen LogP contribution in [0.1, 0.15) is 27.7 Å². The Balaban J connectivity index is 1.54. The number of carbonyl (C=O) groups is 1. The number of ether oxygens (including phenoxy) is 2. The van der Waals surface area contributed by atoms with Crippen molar-refractivity contribution in [1.82, 2.24) is 9.29 Å². The summed E-state index contributed by atoms with van der Waals surface area (Å²) in [6.45, 7) is 1.50. The summed E-state index contributed by atoms with van der Waals surface area (Å²) in [5.41, 5.74) is 0.912. The Morgan fingerprint density at radius 2 is 1.79 bits per heavy atom. The normalized spacial score (nSPS) is 13.0. The van der Waals surface area contributed by atoms with Crippen LogP contribution in [-0.2, 0) is 23.1 Å². The maximum atomic E-state index is 13.6. The molecule has 0 unspecified atom stereocenters. The van der Waals surface area contributed by atoms with Gasteiger partial charge in [0, 0.05) is 40.5 Å². The van der Waals surface area contributed by atoms with Crippen LogP contribution in [0.3, 0.4) is 0 Å². The number of H-pyrrole nitrogens is 1. The Morgan fingerprint density at radius 3 is 2.47 bits per heavy atom. The Kier molecular flexibility index (Phi) is 5.72. The van der Waals surface area contributed by atoms with E-state index in [4.69, 9.17) is 9.47 Å². The zero-order valence-electron chi connectivity index (χ0n) is 18.1. The minimum atomic E-state index is -3.97. The van der Waals surface area contributed by atoms with Crippen LogP contribution in [-0.4, -0.2) is 30.3 Å². The molecule has 0 amide bonds. The van der Waals surface area contributed by atoms with E-state index in [-0.39, 0.29) is 36.1 Å². The van der Waals surface area contributed by atoms with Crippen LogP contribution in [0.4, 0.5) is 0 Å². The van der Waals surface area contributed by atoms with Crippen molar-refractivity contribution in [1.29, 1.82) is 0 Å². The van der Waals surface area contributed by atoms with E-state index in [0.29, 0.717) is 33.5 Å². The fourth-order valence-corrected chi connectivity index (χ4v) is 5.96. The molecule has 0 saturated heterocycles. The van der Waals surface area contributed by atoms with Crippen LogP contribution in [0.25, 0.3) is 10.9 Å². The number of benzene rings is 2. The largest absolute Gasteiger partial charge is 0.454 e. The highest BCUT2D eigenvalue weighted by molar-refractivity contribution is 7.89. The molecule has 2 aromatic heterocycles. The lowest BCUT2D eigenvalue weighted by molar-refractivity contribution is 0.101. The Hall–Kier alpha value is -3.47. The number of aromatic nitrogens is 1. The van der Waals surface area contributed by atoms with E-state index in [1.807, 2.05) is 17.5 Å². The molecule has 8 nitrogen and oxygen atoms in total. The summed E-state index contributed by atoms with van der Waals surface area (Å²) in [6.07, 6.45) is 0. The molecular weight excluding hydrogens is 476 g/mol. The Morgan fingerprint density at radius 1 is 1.06 bits per heavy atom. The molecule has 1 aliphatic rings. The number of sulfonamides is 1. The lowest BCUT2D eigenvalue weighted by atomic mass is 10.1. The molecule has 1 aliphatic heterocycles. The van der Waals surface area contributed by atoms with Crippen molar-refractivity contribution in [3.05, 3.63) is 86.3 Å². The van der Waals surface area contributed by atoms with E-state index in [0.717, 1.165) is 4.88 Å². The summed E-state index contributed by atoms with van der Waals surface area (Å²) in [7, 11) is -3.97. The van der Waals surface area contributed by atoms with Crippen molar-refractivity contribution in [2.24, 2.45) is 0 Å². The number of Topliss-reactive ketones (excluding diaryl/α,β-unsaturated/α-hetero) is 1. The van der Waals surface area contributed by atoms with Gasteiger partial charge >= 0.3 is 0 Å². The van der Waals surface area contributed by atoms with Crippen LogP contribution in [0.2, 0.25) is 0 Å². The molecule has 5 rings (SSSR count). The third kappa shape index (κ3) is 4.23. The quantitative estimate of drug-likeness (QED) is 0.389. The summed E-state index contributed by atoms with van der Waals surface area (Å²) in [6, 6.07) is 14.6. The van der Waals surface area contributed by atoms with E-state index in [1.165, 1.54) is 46.8 Å². The topological polar surface area (TPSA) is 106 Å². The SMILES string of the molecule is CC(=O)c1ccc(S(=O)(=O)N(Cc2cccs2)Cc2cc3cc4c(cc3[nH]c2=O)OCO4)cc1. The highest BCUT2D eigenvalue weighted by atomic mass is 32.2. The number of fused-ring (bicyclic) bond motifs is 2. The Bertz CT molecular complexity index is 1540. The van der Waals surface area contributed by atoms with E-state index >= 15 is 0 Å². The standard InChI is InChI=1S/C24H20N2O6S2/c1-15(27)16-4-6-20(7-5-16)34(29,30)26(13-19-3-2-8-33-19)12-18-9-17-10-22-23(32-14-31-22)11-21(17)25-24(18)28/h2-11H,12-14H2,1H3,(H,25,28). The van der Waals surface area contributed by atoms with Crippen molar-refractivity contribution < 1.29 is 22.7 Å². The zero-order chi connectivity index (χ0) is 23.9. The third-order valence-electron chi connectivity index (χ3n) is 5.57. The molecule has 0 radical (unpaired) electrons. The van der Waals surface area contributed by atoms with Gasteiger partial charge in [0.25, 0.3) is 5.56 Å². The lowest BCUT2D eigenvalue weighted by Gasteiger charge is -2.22. The highest BCUT2D eigenvalue weighted by Crippen LogP contribution is 2.35. The predicted octanol–water partition coefficient (Wildman–Crippen LogP) is 3.91. The van der Waals surface area contributed by atoms with Gasteiger partial charge in [-0.1, -0.05) is 18.2 Å². The van der Waals surface area contributed by atoms with Gasteiger partial charge in [0.05, 0.1) is 10.4 Å². The van der Waals surface area contributed by atoms with Gasteiger partial charge in [-0.3, -0.25) is 9.59 Å². The first kappa shape index (κ1) is 22.3. The zero-order valence-corrected chi connectivity index (χ0v) is 19.7. The Labute approximate surface area is 199 Å². The van der Waals surface area contributed by atoms with Crippen molar-refractivity contribution in [3.8, 4) is 11.5 Å². The molecule has 0 aliphatic carbocycles. The summed E-state index contributed by atoms with van der Waals surface area (Å²) in [4.78, 5) is 28.2. The molecule has 174 valence electrons. The fourth-order valence-electron chi connectivity index (χ4n) is 3.76. The van der Waals surface area contributed by atoms with Crippen LogP contribution >= 0.6 is 11.3 Å². The van der Waals surface area contributed by atoms with Crippen LogP contribution < -0.4 is 15.0 Å². The average molecular weight is 497 g/mol. The maximum Gasteiger partial charge on any atom is 0.252 e. The second-order valence-corrected chi connectivity index (χ2v) is 10.8. The van der Waals surface area contributed by atoms with E-state index < -0.39 is 10.0 Å². The lowest BCUT2D eigenvalue weighted by Crippen LogP contribution is -2.32. The second kappa shape index (κ2) is 8.71. The number of nitrogens with zero attached hydrogens (tertiary/aromatic N) is 1. The molecule has 0 spiro atoms. The summed E-state index contributed by atoms with van der Waals surface area (Å²) < 4.78 is 39.2. The van der Waals surface area contributed by atoms with Crippen molar-refractivity contribution >= 4 is 38.0 Å². The average Bonchev–Trinajstić information content (AvgIpc) is 3.49. The van der Waals surface area contributed by atoms with Gasteiger partial charge in [0.1, 0.15) is 0 Å². The molecule has 34 heavy (non-hydrogen) atoms. The van der Waals surface area contributed by atoms with Gasteiger partial charge in [0.2, 0.25) is 16.8 Å². The second-order valence-electron chi connectivity index (χ2n) is 7.85. The summed E-state index contributed by atoms with van der Waals surface area (Å²) in [5, 5.41) is 2.57. The van der Waals surface area contributed by atoms with Crippen LogP contribution in [0.5, 0.6) is 11.5 Å².